The van der Waals surface area contributed by atoms with E-state index in [0.717, 1.165) is 36.5 Å². The number of fused-ring (bicyclic) bond motifs is 1. The fourth-order valence-corrected chi connectivity index (χ4v) is 3.88. The molecule has 0 bridgehead atoms. The number of aromatic nitrogens is 1. The Morgan fingerprint density at radius 3 is 3.07 bits per heavy atom. The number of nitrogens with one attached hydrogen (secondary N) is 4. The van der Waals surface area contributed by atoms with Crippen LogP contribution in [-0.4, -0.2) is 36.1 Å². The topological polar surface area (TPSA) is 87.3 Å². The van der Waals surface area contributed by atoms with E-state index in [0.29, 0.717) is 12.6 Å². The molecule has 7 heteroatoms. The molecule has 4 rings (SSSR count). The Bertz CT molecular complexity index is 800. The fourth-order valence-electron chi connectivity index (χ4n) is 3.88. The molecule has 2 fully saturated rings. The highest BCUT2D eigenvalue weighted by atomic mass is 16.5. The van der Waals surface area contributed by atoms with Crippen LogP contribution in [0.3, 0.4) is 0 Å². The van der Waals surface area contributed by atoms with Gasteiger partial charge in [0.15, 0.2) is 0 Å². The summed E-state index contributed by atoms with van der Waals surface area (Å²) in [7, 11) is 0. The van der Waals surface area contributed by atoms with Crippen LogP contribution < -0.4 is 26.2 Å². The second kappa shape index (κ2) is 8.68. The lowest BCUT2D eigenvalue weighted by Gasteiger charge is -2.28. The minimum Gasteiger partial charge on any atom is -0.487 e. The van der Waals surface area contributed by atoms with Gasteiger partial charge in [-0.3, -0.25) is 15.2 Å². The van der Waals surface area contributed by atoms with E-state index in [1.807, 2.05) is 49.4 Å². The van der Waals surface area contributed by atoms with Crippen LogP contribution in [0.2, 0.25) is 0 Å². The lowest BCUT2D eigenvalue weighted by Crippen LogP contribution is -2.49. The molecule has 1 aromatic carbocycles. The van der Waals surface area contributed by atoms with Crippen molar-refractivity contribution in [2.75, 3.05) is 13.1 Å². The van der Waals surface area contributed by atoms with E-state index >= 15 is 0 Å². The summed E-state index contributed by atoms with van der Waals surface area (Å²) in [6, 6.07) is 13.6. The first kappa shape index (κ1) is 18.9. The fraction of sp³-hybridized carbons (Fsp3) is 0.429. The van der Waals surface area contributed by atoms with Crippen molar-refractivity contribution in [3.8, 4) is 5.75 Å². The Morgan fingerprint density at radius 1 is 1.29 bits per heavy atom. The van der Waals surface area contributed by atoms with E-state index in [9.17, 15) is 4.79 Å². The summed E-state index contributed by atoms with van der Waals surface area (Å²) in [6.07, 6.45) is 2.79. The zero-order valence-corrected chi connectivity index (χ0v) is 16.0. The number of hydrogen-bond donors (Lipinski definition) is 4. The SMILES string of the molecule is CC(NC(=O)C1NNC2CCNCC21)c1cccc(OCc2ccccn2)c1. The standard InChI is InChI=1S/C21H27N5O2/c1-14(24-21(27)20-18-12-22-10-8-19(18)25-26-20)15-5-4-7-17(11-15)28-13-16-6-2-3-9-23-16/h2-7,9,11,14,18-20,22,25-26H,8,10,12-13H2,1H3,(H,24,27). The van der Waals surface area contributed by atoms with Crippen LogP contribution in [0.25, 0.3) is 0 Å². The Kier molecular flexibility index (Phi) is 5.85. The van der Waals surface area contributed by atoms with Crippen molar-refractivity contribution in [2.45, 2.75) is 38.1 Å². The molecule has 2 aliphatic rings. The summed E-state index contributed by atoms with van der Waals surface area (Å²) in [5, 5.41) is 6.51. The number of amides is 1. The van der Waals surface area contributed by atoms with Gasteiger partial charge in [-0.25, -0.2) is 5.43 Å². The molecule has 1 aromatic heterocycles. The number of hydrazine groups is 1. The van der Waals surface area contributed by atoms with Gasteiger partial charge in [-0.15, -0.1) is 0 Å². The molecule has 0 radical (unpaired) electrons. The molecular formula is C21H27N5O2. The summed E-state index contributed by atoms with van der Waals surface area (Å²) >= 11 is 0. The molecule has 7 nitrogen and oxygen atoms in total. The third-order valence-corrected chi connectivity index (χ3v) is 5.49. The molecule has 2 aliphatic heterocycles. The smallest absolute Gasteiger partial charge is 0.239 e. The summed E-state index contributed by atoms with van der Waals surface area (Å²) in [6.45, 7) is 4.26. The van der Waals surface area contributed by atoms with Gasteiger partial charge in [-0.1, -0.05) is 18.2 Å². The average molecular weight is 381 g/mol. The summed E-state index contributed by atoms with van der Waals surface area (Å²) < 4.78 is 5.85. The lowest BCUT2D eigenvalue weighted by atomic mass is 9.89. The maximum absolute atomic E-state index is 12.8. The van der Waals surface area contributed by atoms with Gasteiger partial charge in [0.1, 0.15) is 18.4 Å². The van der Waals surface area contributed by atoms with Gasteiger partial charge in [-0.2, -0.15) is 0 Å². The quantitative estimate of drug-likeness (QED) is 0.603. The maximum atomic E-state index is 12.8. The third kappa shape index (κ3) is 4.32. The number of piperidine rings is 1. The van der Waals surface area contributed by atoms with Crippen molar-refractivity contribution in [3.63, 3.8) is 0 Å². The first-order chi connectivity index (χ1) is 13.7. The van der Waals surface area contributed by atoms with E-state index < -0.39 is 0 Å². The van der Waals surface area contributed by atoms with Gasteiger partial charge in [-0.05, 0) is 49.7 Å². The van der Waals surface area contributed by atoms with Crippen LogP contribution in [0.5, 0.6) is 5.75 Å². The van der Waals surface area contributed by atoms with Crippen molar-refractivity contribution in [3.05, 3.63) is 59.9 Å². The van der Waals surface area contributed by atoms with E-state index in [2.05, 4.69) is 26.5 Å². The van der Waals surface area contributed by atoms with Gasteiger partial charge in [0.25, 0.3) is 0 Å². The first-order valence-corrected chi connectivity index (χ1v) is 9.85. The van der Waals surface area contributed by atoms with E-state index in [-0.39, 0.29) is 23.9 Å². The highest BCUT2D eigenvalue weighted by molar-refractivity contribution is 5.83. The molecule has 2 saturated heterocycles. The van der Waals surface area contributed by atoms with Crippen LogP contribution >= 0.6 is 0 Å². The highest BCUT2D eigenvalue weighted by Gasteiger charge is 2.41. The Morgan fingerprint density at radius 2 is 2.21 bits per heavy atom. The summed E-state index contributed by atoms with van der Waals surface area (Å²) in [5.41, 5.74) is 8.33. The number of carbonyl (C=O) groups is 1. The number of carbonyl (C=O) groups excluding carboxylic acids is 1. The molecule has 28 heavy (non-hydrogen) atoms. The van der Waals surface area contributed by atoms with E-state index in [1.165, 1.54) is 0 Å². The number of ether oxygens (including phenoxy) is 1. The molecule has 4 unspecified atom stereocenters. The Hall–Kier alpha value is -2.48. The molecule has 0 saturated carbocycles. The van der Waals surface area contributed by atoms with Crippen molar-refractivity contribution in [2.24, 2.45) is 5.92 Å². The summed E-state index contributed by atoms with van der Waals surface area (Å²) in [5.74, 6) is 1.06. The second-order valence-electron chi connectivity index (χ2n) is 7.44. The zero-order valence-electron chi connectivity index (χ0n) is 16.0. The van der Waals surface area contributed by atoms with Crippen molar-refractivity contribution in [1.82, 2.24) is 26.5 Å². The Balaban J connectivity index is 1.35. The molecule has 148 valence electrons. The number of hydrogen-bond acceptors (Lipinski definition) is 6. The van der Waals surface area contributed by atoms with Crippen molar-refractivity contribution < 1.29 is 9.53 Å². The van der Waals surface area contributed by atoms with Crippen molar-refractivity contribution >= 4 is 5.91 Å². The summed E-state index contributed by atoms with van der Waals surface area (Å²) in [4.78, 5) is 17.1. The number of nitrogens with zero attached hydrogens (tertiary/aromatic N) is 1. The van der Waals surface area contributed by atoms with Gasteiger partial charge in [0.2, 0.25) is 5.91 Å². The third-order valence-electron chi connectivity index (χ3n) is 5.49. The van der Waals surface area contributed by atoms with Gasteiger partial charge in [0.05, 0.1) is 11.7 Å². The molecule has 4 atom stereocenters. The molecule has 3 heterocycles. The number of benzene rings is 1. The number of rotatable bonds is 6. The van der Waals surface area contributed by atoms with Crippen LogP contribution in [0, 0.1) is 5.92 Å². The van der Waals surface area contributed by atoms with E-state index in [4.69, 9.17) is 4.74 Å². The first-order valence-electron chi connectivity index (χ1n) is 9.85. The normalized spacial score (nSPS) is 25.0. The van der Waals surface area contributed by atoms with E-state index in [1.54, 1.807) is 6.20 Å². The van der Waals surface area contributed by atoms with Gasteiger partial charge >= 0.3 is 0 Å². The van der Waals surface area contributed by atoms with Crippen molar-refractivity contribution in [1.29, 1.82) is 0 Å². The zero-order chi connectivity index (χ0) is 19.3. The van der Waals surface area contributed by atoms with Crippen LogP contribution in [-0.2, 0) is 11.4 Å². The Labute approximate surface area is 165 Å². The van der Waals surface area contributed by atoms with Gasteiger partial charge < -0.3 is 15.4 Å². The number of pyridine rings is 1. The molecule has 4 N–H and O–H groups in total. The molecule has 0 aliphatic carbocycles. The molecule has 0 spiro atoms. The van der Waals surface area contributed by atoms with Crippen LogP contribution in [0.1, 0.15) is 30.6 Å². The minimum absolute atomic E-state index is 0.0241. The predicted octanol–water partition coefficient (Wildman–Crippen LogP) is 1.29. The monoisotopic (exact) mass is 381 g/mol. The molecule has 1 amide bonds. The molecule has 2 aromatic rings. The van der Waals surface area contributed by atoms with Crippen LogP contribution in [0.4, 0.5) is 0 Å². The van der Waals surface area contributed by atoms with Gasteiger partial charge in [0, 0.05) is 24.7 Å². The van der Waals surface area contributed by atoms with Crippen LogP contribution in [0.15, 0.2) is 48.7 Å². The highest BCUT2D eigenvalue weighted by Crippen LogP contribution is 2.23. The largest absolute Gasteiger partial charge is 0.487 e. The lowest BCUT2D eigenvalue weighted by molar-refractivity contribution is -0.124. The maximum Gasteiger partial charge on any atom is 0.239 e. The minimum atomic E-state index is -0.219. The predicted molar refractivity (Wildman–Crippen MR) is 106 cm³/mol. The molecular weight excluding hydrogens is 354 g/mol. The average Bonchev–Trinajstić information content (AvgIpc) is 3.17. The second-order valence-corrected chi connectivity index (χ2v) is 7.44.